The number of rotatable bonds is 1. The molecule has 0 amide bonds. The number of hydrogen-bond acceptors (Lipinski definition) is 1. The second-order valence-corrected chi connectivity index (χ2v) is 8.14. The van der Waals surface area contributed by atoms with Crippen molar-refractivity contribution in [2.24, 2.45) is 0 Å². The van der Waals surface area contributed by atoms with Crippen molar-refractivity contribution in [3.63, 3.8) is 0 Å². The van der Waals surface area contributed by atoms with Crippen LogP contribution < -0.4 is 0 Å². The third-order valence-corrected chi connectivity index (χ3v) is 6.77. The van der Waals surface area contributed by atoms with Gasteiger partial charge in [0.15, 0.2) is 0 Å². The molecule has 1 N–H and O–H groups in total. The van der Waals surface area contributed by atoms with Gasteiger partial charge in [0.1, 0.15) is 0 Å². The van der Waals surface area contributed by atoms with Gasteiger partial charge in [-0.3, -0.25) is 0 Å². The van der Waals surface area contributed by atoms with Crippen molar-refractivity contribution in [1.82, 2.24) is 4.98 Å². The molecule has 0 spiro atoms. The third kappa shape index (κ3) is 2.20. The lowest BCUT2D eigenvalue weighted by Crippen LogP contribution is -2.10. The van der Waals surface area contributed by atoms with Crippen LogP contribution in [0.2, 0.25) is 0 Å². The van der Waals surface area contributed by atoms with Gasteiger partial charge in [-0.2, -0.15) is 0 Å². The van der Waals surface area contributed by atoms with Crippen molar-refractivity contribution in [2.45, 2.75) is 15.7 Å². The highest BCUT2D eigenvalue weighted by molar-refractivity contribution is 7.99. The molecular weight excluding hydrogens is 346 g/mol. The highest BCUT2D eigenvalue weighted by Crippen LogP contribution is 2.51. The number of aromatic amines is 1. The summed E-state index contributed by atoms with van der Waals surface area (Å²) < 4.78 is 0. The minimum absolute atomic E-state index is 0.236. The second kappa shape index (κ2) is 5.77. The third-order valence-electron chi connectivity index (χ3n) is 5.60. The molecule has 6 rings (SSSR count). The SMILES string of the molecule is c1ccc2c(c1)Sc1ccc3ccccc3c1C2c1c[nH]c2ccccc12. The minimum Gasteiger partial charge on any atom is -0.361 e. The normalized spacial score (nSPS) is 15.6. The molecule has 2 heterocycles. The molecule has 1 unspecified atom stereocenters. The summed E-state index contributed by atoms with van der Waals surface area (Å²) in [5.41, 5.74) is 5.39. The first-order chi connectivity index (χ1) is 13.4. The van der Waals surface area contributed by atoms with Gasteiger partial charge < -0.3 is 4.98 Å². The molecule has 0 saturated carbocycles. The van der Waals surface area contributed by atoms with Gasteiger partial charge in [-0.15, -0.1) is 0 Å². The van der Waals surface area contributed by atoms with Crippen LogP contribution in [0.3, 0.4) is 0 Å². The largest absolute Gasteiger partial charge is 0.361 e. The van der Waals surface area contributed by atoms with Crippen LogP contribution in [0.5, 0.6) is 0 Å². The summed E-state index contributed by atoms with van der Waals surface area (Å²) in [5.74, 6) is 0.236. The van der Waals surface area contributed by atoms with E-state index in [1.165, 1.54) is 48.2 Å². The van der Waals surface area contributed by atoms with Crippen LogP contribution in [0, 0.1) is 0 Å². The van der Waals surface area contributed by atoms with E-state index in [1.807, 2.05) is 11.8 Å². The van der Waals surface area contributed by atoms with Crippen LogP contribution in [0.4, 0.5) is 0 Å². The van der Waals surface area contributed by atoms with Crippen molar-refractivity contribution in [1.29, 1.82) is 0 Å². The van der Waals surface area contributed by atoms with Crippen LogP contribution in [0.15, 0.2) is 101 Å². The Labute approximate surface area is 162 Å². The zero-order valence-electron chi connectivity index (χ0n) is 14.6. The molecule has 0 bridgehead atoms. The number of benzene rings is 4. The first kappa shape index (κ1) is 15.1. The van der Waals surface area contributed by atoms with Gasteiger partial charge in [0, 0.05) is 32.8 Å². The topological polar surface area (TPSA) is 15.8 Å². The Hall–Kier alpha value is -2.97. The summed E-state index contributed by atoms with van der Waals surface area (Å²) in [6, 6.07) is 30.8. The van der Waals surface area contributed by atoms with Crippen LogP contribution in [0.25, 0.3) is 21.7 Å². The van der Waals surface area contributed by atoms with Crippen molar-refractivity contribution in [3.8, 4) is 0 Å². The molecule has 1 atom stereocenters. The van der Waals surface area contributed by atoms with E-state index < -0.39 is 0 Å². The molecule has 0 radical (unpaired) electrons. The molecule has 0 fully saturated rings. The first-order valence-corrected chi connectivity index (χ1v) is 10.1. The Morgan fingerprint density at radius 3 is 2.37 bits per heavy atom. The molecule has 1 aliphatic heterocycles. The van der Waals surface area contributed by atoms with Crippen molar-refractivity contribution in [3.05, 3.63) is 108 Å². The fourth-order valence-electron chi connectivity index (χ4n) is 4.40. The first-order valence-electron chi connectivity index (χ1n) is 9.24. The Balaban J connectivity index is 1.74. The van der Waals surface area contributed by atoms with E-state index in [1.54, 1.807) is 0 Å². The molecule has 27 heavy (non-hydrogen) atoms. The van der Waals surface area contributed by atoms with Crippen LogP contribution in [0.1, 0.15) is 22.6 Å². The van der Waals surface area contributed by atoms with Gasteiger partial charge in [0.05, 0.1) is 0 Å². The minimum atomic E-state index is 0.236. The summed E-state index contributed by atoms with van der Waals surface area (Å²) >= 11 is 1.89. The maximum atomic E-state index is 3.49. The number of H-pyrrole nitrogens is 1. The molecular formula is C25H17NS. The van der Waals surface area contributed by atoms with Crippen LogP contribution in [-0.4, -0.2) is 4.98 Å². The Morgan fingerprint density at radius 2 is 1.41 bits per heavy atom. The van der Waals surface area contributed by atoms with Crippen LogP contribution >= 0.6 is 11.8 Å². The van der Waals surface area contributed by atoms with E-state index in [-0.39, 0.29) is 5.92 Å². The summed E-state index contributed by atoms with van der Waals surface area (Å²) in [6.07, 6.45) is 2.20. The molecule has 1 nitrogen and oxygen atoms in total. The number of hydrogen-bond donors (Lipinski definition) is 1. The van der Waals surface area contributed by atoms with Crippen molar-refractivity contribution >= 4 is 33.4 Å². The fraction of sp³-hybridized carbons (Fsp3) is 0.0400. The molecule has 5 aromatic rings. The van der Waals surface area contributed by atoms with E-state index in [4.69, 9.17) is 0 Å². The number of aromatic nitrogens is 1. The highest BCUT2D eigenvalue weighted by Gasteiger charge is 2.30. The Morgan fingerprint density at radius 1 is 0.630 bits per heavy atom. The average Bonchev–Trinajstić information content (AvgIpc) is 3.16. The standard InChI is InChI=1S/C25H17NS/c1-2-8-17-16(7-1)13-14-23-25(17)24(19-10-4-6-12-22(19)27-23)20-15-26-21-11-5-3-9-18(20)21/h1-15,24,26H. The van der Waals surface area contributed by atoms with Gasteiger partial charge in [0.2, 0.25) is 0 Å². The van der Waals surface area contributed by atoms with Gasteiger partial charge in [-0.05, 0) is 45.7 Å². The maximum Gasteiger partial charge on any atom is 0.0457 e. The smallest absolute Gasteiger partial charge is 0.0457 e. The second-order valence-electron chi connectivity index (χ2n) is 7.06. The quantitative estimate of drug-likeness (QED) is 0.334. The van der Waals surface area contributed by atoms with E-state index in [2.05, 4.69) is 96.1 Å². The zero-order valence-corrected chi connectivity index (χ0v) is 15.5. The van der Waals surface area contributed by atoms with Gasteiger partial charge in [-0.25, -0.2) is 0 Å². The Kier molecular flexibility index (Phi) is 3.23. The number of fused-ring (bicyclic) bond motifs is 5. The lowest BCUT2D eigenvalue weighted by atomic mass is 9.82. The molecule has 1 aromatic heterocycles. The molecule has 2 heteroatoms. The molecule has 1 aliphatic rings. The summed E-state index contributed by atoms with van der Waals surface area (Å²) in [7, 11) is 0. The van der Waals surface area contributed by atoms with E-state index in [0.29, 0.717) is 0 Å². The van der Waals surface area contributed by atoms with Crippen molar-refractivity contribution < 1.29 is 0 Å². The molecule has 0 aliphatic carbocycles. The number of para-hydroxylation sites is 1. The maximum absolute atomic E-state index is 3.49. The summed E-state index contributed by atoms with van der Waals surface area (Å²) in [5, 5.41) is 3.97. The highest BCUT2D eigenvalue weighted by atomic mass is 32.2. The average molecular weight is 363 g/mol. The fourth-order valence-corrected chi connectivity index (χ4v) is 5.57. The lowest BCUT2D eigenvalue weighted by molar-refractivity contribution is 0.921. The number of nitrogens with one attached hydrogen (secondary N) is 1. The van der Waals surface area contributed by atoms with E-state index >= 15 is 0 Å². The van der Waals surface area contributed by atoms with E-state index in [9.17, 15) is 0 Å². The van der Waals surface area contributed by atoms with Gasteiger partial charge in [-0.1, -0.05) is 78.5 Å². The van der Waals surface area contributed by atoms with Crippen LogP contribution in [-0.2, 0) is 0 Å². The molecule has 4 aromatic carbocycles. The predicted molar refractivity (Wildman–Crippen MR) is 114 cm³/mol. The van der Waals surface area contributed by atoms with Crippen molar-refractivity contribution in [2.75, 3.05) is 0 Å². The summed E-state index contributed by atoms with van der Waals surface area (Å²) in [6.45, 7) is 0. The van der Waals surface area contributed by atoms with Gasteiger partial charge in [0.25, 0.3) is 0 Å². The summed E-state index contributed by atoms with van der Waals surface area (Å²) in [4.78, 5) is 6.21. The lowest BCUT2D eigenvalue weighted by Gasteiger charge is -2.29. The molecule has 0 saturated heterocycles. The molecule has 128 valence electrons. The monoisotopic (exact) mass is 363 g/mol. The predicted octanol–water partition coefficient (Wildman–Crippen LogP) is 6.97. The van der Waals surface area contributed by atoms with E-state index in [0.717, 1.165) is 0 Å². The Bertz CT molecular complexity index is 1310. The zero-order chi connectivity index (χ0) is 17.8. The van der Waals surface area contributed by atoms with Gasteiger partial charge >= 0.3 is 0 Å².